The van der Waals surface area contributed by atoms with E-state index in [4.69, 9.17) is 0 Å². The highest BCUT2D eigenvalue weighted by Gasteiger charge is 2.42. The highest BCUT2D eigenvalue weighted by molar-refractivity contribution is 9.10. The van der Waals surface area contributed by atoms with Crippen molar-refractivity contribution in [3.63, 3.8) is 0 Å². The first-order chi connectivity index (χ1) is 6.81. The van der Waals surface area contributed by atoms with Gasteiger partial charge in [0.1, 0.15) is 4.60 Å². The average Bonchev–Trinajstić information content (AvgIpc) is 2.82. The molecule has 15 heavy (non-hydrogen) atoms. The van der Waals surface area contributed by atoms with Crippen LogP contribution in [0, 0.1) is 0 Å². The van der Waals surface area contributed by atoms with Crippen molar-refractivity contribution in [2.45, 2.75) is 31.4 Å². The van der Waals surface area contributed by atoms with E-state index in [1.54, 1.807) is 0 Å². The molecule has 2 rings (SSSR count). The van der Waals surface area contributed by atoms with Gasteiger partial charge in [0.15, 0.2) is 0 Å². The Hall–Kier alpha value is -0.580. The molecule has 0 bridgehead atoms. The van der Waals surface area contributed by atoms with Gasteiger partial charge in [-0.25, -0.2) is 4.98 Å². The summed E-state index contributed by atoms with van der Waals surface area (Å²) in [6.07, 6.45) is -2.48. The number of rotatable bonds is 1. The van der Waals surface area contributed by atoms with E-state index in [-0.39, 0.29) is 10.0 Å². The van der Waals surface area contributed by atoms with Crippen molar-refractivity contribution in [1.29, 1.82) is 0 Å². The Kier molecular flexibility index (Phi) is 2.33. The van der Waals surface area contributed by atoms with Gasteiger partial charge in [-0.1, -0.05) is 6.92 Å². The van der Waals surface area contributed by atoms with Crippen LogP contribution in [-0.2, 0) is 11.6 Å². The molecule has 1 aliphatic carbocycles. The highest BCUT2D eigenvalue weighted by Crippen LogP contribution is 2.48. The van der Waals surface area contributed by atoms with Crippen molar-refractivity contribution in [3.8, 4) is 0 Å². The zero-order chi connectivity index (χ0) is 11.3. The van der Waals surface area contributed by atoms with E-state index in [2.05, 4.69) is 20.9 Å². The van der Waals surface area contributed by atoms with Crippen LogP contribution in [0.1, 0.15) is 31.0 Å². The Balaban J connectivity index is 2.46. The quantitative estimate of drug-likeness (QED) is 0.711. The van der Waals surface area contributed by atoms with Crippen molar-refractivity contribution in [2.24, 2.45) is 0 Å². The Morgan fingerprint density at radius 3 is 2.40 bits per heavy atom. The fourth-order valence-corrected chi connectivity index (χ4v) is 1.85. The predicted octanol–water partition coefficient (Wildman–Crippen LogP) is 3.91. The molecule has 0 saturated heterocycles. The van der Waals surface area contributed by atoms with Gasteiger partial charge in [0.25, 0.3) is 0 Å². The molecule has 82 valence electrons. The third kappa shape index (κ3) is 2.17. The van der Waals surface area contributed by atoms with Crippen molar-refractivity contribution >= 4 is 15.9 Å². The Bertz CT molecular complexity index is 373. The lowest BCUT2D eigenvalue weighted by molar-refractivity contribution is -0.137. The third-order valence-corrected chi connectivity index (χ3v) is 3.15. The molecule has 1 nitrogen and oxygen atoms in total. The summed E-state index contributed by atoms with van der Waals surface area (Å²) in [6.45, 7) is 1.93. The zero-order valence-electron chi connectivity index (χ0n) is 8.03. The summed E-state index contributed by atoms with van der Waals surface area (Å²) in [5.41, 5.74) is -0.249. The number of hydrogen-bond acceptors (Lipinski definition) is 1. The molecule has 0 unspecified atom stereocenters. The fourth-order valence-electron chi connectivity index (χ4n) is 1.41. The zero-order valence-corrected chi connectivity index (χ0v) is 9.61. The fraction of sp³-hybridized carbons (Fsp3) is 0.500. The Morgan fingerprint density at radius 2 is 1.93 bits per heavy atom. The van der Waals surface area contributed by atoms with E-state index in [9.17, 15) is 13.2 Å². The number of alkyl halides is 3. The first-order valence-corrected chi connectivity index (χ1v) is 5.36. The van der Waals surface area contributed by atoms with Crippen LogP contribution >= 0.6 is 15.9 Å². The number of aromatic nitrogens is 1. The molecule has 0 amide bonds. The molecule has 1 aromatic rings. The monoisotopic (exact) mass is 279 g/mol. The van der Waals surface area contributed by atoms with Crippen LogP contribution < -0.4 is 0 Å². The van der Waals surface area contributed by atoms with Gasteiger partial charge in [-0.2, -0.15) is 13.2 Å². The maximum atomic E-state index is 12.5. The summed E-state index contributed by atoms with van der Waals surface area (Å²) < 4.78 is 37.8. The Labute approximate surface area is 93.8 Å². The number of halogens is 4. The normalized spacial score (nSPS) is 19.0. The van der Waals surface area contributed by atoms with Gasteiger partial charge in [0.2, 0.25) is 0 Å². The topological polar surface area (TPSA) is 12.9 Å². The lowest BCUT2D eigenvalue weighted by Crippen LogP contribution is -2.10. The van der Waals surface area contributed by atoms with Crippen molar-refractivity contribution < 1.29 is 13.2 Å². The van der Waals surface area contributed by atoms with Crippen LogP contribution in [0.15, 0.2) is 16.7 Å². The maximum absolute atomic E-state index is 12.5. The molecule has 0 atom stereocenters. The molecule has 1 fully saturated rings. The first kappa shape index (κ1) is 10.9. The van der Waals surface area contributed by atoms with E-state index in [0.717, 1.165) is 25.0 Å². The third-order valence-electron chi connectivity index (χ3n) is 2.74. The molecular weight excluding hydrogens is 271 g/mol. The standard InChI is InChI=1S/C10H9BrF3N/c1-9(2-3-9)7-4-6(10(12,13)14)5-8(11)15-7/h4-5H,2-3H2,1H3. The molecule has 0 aliphatic heterocycles. The molecular formula is C10H9BrF3N. The van der Waals surface area contributed by atoms with Gasteiger partial charge in [-0.05, 0) is 40.9 Å². The van der Waals surface area contributed by atoms with Crippen LogP contribution in [0.25, 0.3) is 0 Å². The van der Waals surface area contributed by atoms with Crippen LogP contribution in [0.4, 0.5) is 13.2 Å². The second-order valence-corrected chi connectivity index (χ2v) is 4.93. The van der Waals surface area contributed by atoms with Crippen molar-refractivity contribution in [1.82, 2.24) is 4.98 Å². The first-order valence-electron chi connectivity index (χ1n) is 4.56. The van der Waals surface area contributed by atoms with Crippen LogP contribution in [0.3, 0.4) is 0 Å². The molecule has 0 N–H and O–H groups in total. The predicted molar refractivity (Wildman–Crippen MR) is 53.5 cm³/mol. The van der Waals surface area contributed by atoms with Gasteiger partial charge in [-0.15, -0.1) is 0 Å². The smallest absolute Gasteiger partial charge is 0.245 e. The van der Waals surface area contributed by atoms with E-state index < -0.39 is 11.7 Å². The molecule has 0 aromatic carbocycles. The van der Waals surface area contributed by atoms with E-state index in [0.29, 0.717) is 5.69 Å². The molecule has 0 radical (unpaired) electrons. The van der Waals surface area contributed by atoms with E-state index in [1.807, 2.05) is 6.92 Å². The molecule has 1 aliphatic rings. The summed E-state index contributed by atoms with van der Waals surface area (Å²) in [5, 5.41) is 0. The summed E-state index contributed by atoms with van der Waals surface area (Å²) in [7, 11) is 0. The maximum Gasteiger partial charge on any atom is 0.416 e. The van der Waals surface area contributed by atoms with Crippen molar-refractivity contribution in [3.05, 3.63) is 28.0 Å². The molecule has 0 spiro atoms. The van der Waals surface area contributed by atoms with Crippen LogP contribution in [0.2, 0.25) is 0 Å². The SMILES string of the molecule is CC1(c2cc(C(F)(F)F)cc(Br)n2)CC1. The van der Waals surface area contributed by atoms with E-state index >= 15 is 0 Å². The van der Waals surface area contributed by atoms with Gasteiger partial charge in [-0.3, -0.25) is 0 Å². The van der Waals surface area contributed by atoms with Gasteiger partial charge < -0.3 is 0 Å². The molecule has 1 aromatic heterocycles. The average molecular weight is 280 g/mol. The lowest BCUT2D eigenvalue weighted by Gasteiger charge is -2.12. The molecule has 1 heterocycles. The summed E-state index contributed by atoms with van der Waals surface area (Å²) in [4.78, 5) is 4.10. The summed E-state index contributed by atoms with van der Waals surface area (Å²) in [5.74, 6) is 0. The van der Waals surface area contributed by atoms with Crippen LogP contribution in [0.5, 0.6) is 0 Å². The van der Waals surface area contributed by atoms with E-state index in [1.165, 1.54) is 0 Å². The van der Waals surface area contributed by atoms with Gasteiger partial charge in [0.05, 0.1) is 5.56 Å². The largest absolute Gasteiger partial charge is 0.416 e. The molecule has 5 heteroatoms. The second kappa shape index (κ2) is 3.20. The minimum absolute atomic E-state index is 0.149. The highest BCUT2D eigenvalue weighted by atomic mass is 79.9. The Morgan fingerprint density at radius 1 is 1.33 bits per heavy atom. The minimum Gasteiger partial charge on any atom is -0.245 e. The number of hydrogen-bond donors (Lipinski definition) is 0. The van der Waals surface area contributed by atoms with Gasteiger partial charge in [0, 0.05) is 11.1 Å². The van der Waals surface area contributed by atoms with Gasteiger partial charge >= 0.3 is 6.18 Å². The van der Waals surface area contributed by atoms with Crippen LogP contribution in [-0.4, -0.2) is 4.98 Å². The number of nitrogens with zero attached hydrogens (tertiary/aromatic N) is 1. The molecule has 1 saturated carbocycles. The summed E-state index contributed by atoms with van der Waals surface area (Å²) >= 11 is 3.01. The van der Waals surface area contributed by atoms with Crippen molar-refractivity contribution in [2.75, 3.05) is 0 Å². The lowest BCUT2D eigenvalue weighted by atomic mass is 10.0. The number of pyridine rings is 1. The minimum atomic E-state index is -4.30. The second-order valence-electron chi connectivity index (χ2n) is 4.12. The summed E-state index contributed by atoms with van der Waals surface area (Å²) in [6, 6.07) is 2.16.